The third-order valence-electron chi connectivity index (χ3n) is 4.37. The lowest BCUT2D eigenvalue weighted by molar-refractivity contribution is 0.122. The topological polar surface area (TPSA) is 101 Å². The molecule has 1 fully saturated rings. The molecule has 156 valence electrons. The number of aromatic nitrogens is 2. The minimum atomic E-state index is -0.442. The molecular formula is C19H26N6O4. The molecule has 3 rings (SSSR count). The van der Waals surface area contributed by atoms with Gasteiger partial charge >= 0.3 is 6.03 Å². The minimum Gasteiger partial charge on any atom is -0.493 e. The smallest absolute Gasteiger partial charge is 0.323 e. The van der Waals surface area contributed by atoms with Crippen molar-refractivity contribution in [2.45, 2.75) is 0 Å². The molecule has 2 aromatic rings. The van der Waals surface area contributed by atoms with Crippen molar-refractivity contribution in [2.75, 3.05) is 75.1 Å². The van der Waals surface area contributed by atoms with Gasteiger partial charge in [-0.15, -0.1) is 0 Å². The second-order valence-corrected chi connectivity index (χ2v) is 6.52. The van der Waals surface area contributed by atoms with Gasteiger partial charge in [0.25, 0.3) is 0 Å². The molecule has 1 aliphatic heterocycles. The summed E-state index contributed by atoms with van der Waals surface area (Å²) < 4.78 is 16.0. The summed E-state index contributed by atoms with van der Waals surface area (Å²) in [5.74, 6) is 2.18. The standard InChI is InChI=1S/C19H26N6O4/c1-24(2)17-14(12-20-18(23-17)25-8-10-29-11-9-25)22-19(26)21-13-6-5-7-15(27-3)16(13)28-4/h5-7,12H,8-11H2,1-4H3,(H2,21,22,26). The monoisotopic (exact) mass is 402 g/mol. The van der Waals surface area contributed by atoms with E-state index in [-0.39, 0.29) is 0 Å². The molecule has 2 heterocycles. The van der Waals surface area contributed by atoms with Crippen molar-refractivity contribution in [3.63, 3.8) is 0 Å². The molecule has 0 spiro atoms. The predicted molar refractivity (Wildman–Crippen MR) is 112 cm³/mol. The highest BCUT2D eigenvalue weighted by molar-refractivity contribution is 6.02. The van der Waals surface area contributed by atoms with Crippen LogP contribution in [0.3, 0.4) is 0 Å². The van der Waals surface area contributed by atoms with Crippen LogP contribution >= 0.6 is 0 Å². The van der Waals surface area contributed by atoms with E-state index in [1.807, 2.05) is 19.0 Å². The number of benzene rings is 1. The van der Waals surface area contributed by atoms with E-state index in [9.17, 15) is 4.79 Å². The number of amides is 2. The van der Waals surface area contributed by atoms with E-state index in [2.05, 4.69) is 25.5 Å². The van der Waals surface area contributed by atoms with Gasteiger partial charge in [0, 0.05) is 27.2 Å². The third kappa shape index (κ3) is 4.77. The minimum absolute atomic E-state index is 0.442. The van der Waals surface area contributed by atoms with Crippen LogP contribution in [0.2, 0.25) is 0 Å². The van der Waals surface area contributed by atoms with Crippen LogP contribution in [0.25, 0.3) is 0 Å². The number of nitrogens with zero attached hydrogens (tertiary/aromatic N) is 4. The molecule has 1 aliphatic rings. The average molecular weight is 402 g/mol. The number of ether oxygens (including phenoxy) is 3. The number of carbonyl (C=O) groups excluding carboxylic acids is 1. The summed E-state index contributed by atoms with van der Waals surface area (Å²) in [6.45, 7) is 2.75. The van der Waals surface area contributed by atoms with Crippen LogP contribution in [-0.2, 0) is 4.74 Å². The summed E-state index contributed by atoms with van der Waals surface area (Å²) >= 11 is 0. The van der Waals surface area contributed by atoms with Gasteiger partial charge in [0.05, 0.1) is 39.3 Å². The molecule has 0 bridgehead atoms. The number of rotatable bonds is 6. The maximum atomic E-state index is 12.6. The molecule has 10 nitrogen and oxygen atoms in total. The molecule has 0 atom stereocenters. The van der Waals surface area contributed by atoms with E-state index in [1.54, 1.807) is 31.5 Å². The molecule has 1 aromatic carbocycles. The molecule has 0 saturated carbocycles. The molecule has 1 aromatic heterocycles. The summed E-state index contributed by atoms with van der Waals surface area (Å²) in [4.78, 5) is 25.5. The van der Waals surface area contributed by atoms with E-state index >= 15 is 0 Å². The molecule has 10 heteroatoms. The van der Waals surface area contributed by atoms with Crippen molar-refractivity contribution in [1.82, 2.24) is 9.97 Å². The molecular weight excluding hydrogens is 376 g/mol. The van der Waals surface area contributed by atoms with Crippen LogP contribution in [0, 0.1) is 0 Å². The van der Waals surface area contributed by atoms with Crippen LogP contribution in [0.1, 0.15) is 0 Å². The van der Waals surface area contributed by atoms with Gasteiger partial charge < -0.3 is 34.6 Å². The van der Waals surface area contributed by atoms with Gasteiger partial charge in [-0.2, -0.15) is 4.98 Å². The Bertz CT molecular complexity index is 855. The number of anilines is 4. The maximum absolute atomic E-state index is 12.6. The first-order valence-electron chi connectivity index (χ1n) is 9.19. The average Bonchev–Trinajstić information content (AvgIpc) is 2.74. The van der Waals surface area contributed by atoms with Crippen LogP contribution in [-0.4, -0.2) is 70.6 Å². The van der Waals surface area contributed by atoms with E-state index < -0.39 is 6.03 Å². The van der Waals surface area contributed by atoms with Crippen LogP contribution in [0.5, 0.6) is 11.5 Å². The number of carbonyl (C=O) groups is 1. The zero-order valence-electron chi connectivity index (χ0n) is 17.1. The number of methoxy groups -OCH3 is 2. The maximum Gasteiger partial charge on any atom is 0.323 e. The third-order valence-corrected chi connectivity index (χ3v) is 4.37. The lowest BCUT2D eigenvalue weighted by atomic mass is 10.2. The van der Waals surface area contributed by atoms with Gasteiger partial charge in [0.2, 0.25) is 5.95 Å². The number of hydrogen-bond donors (Lipinski definition) is 2. The van der Waals surface area contributed by atoms with E-state index in [0.29, 0.717) is 47.9 Å². The second kappa shape index (κ2) is 9.28. The van der Waals surface area contributed by atoms with Gasteiger partial charge in [-0.3, -0.25) is 0 Å². The van der Waals surface area contributed by atoms with Gasteiger partial charge in [0.1, 0.15) is 5.69 Å². The largest absolute Gasteiger partial charge is 0.493 e. The SMILES string of the molecule is COc1cccc(NC(=O)Nc2cnc(N3CCOCC3)nc2N(C)C)c1OC. The van der Waals surface area contributed by atoms with E-state index in [0.717, 1.165) is 13.1 Å². The predicted octanol–water partition coefficient (Wildman–Crippen LogP) is 2.04. The highest BCUT2D eigenvalue weighted by atomic mass is 16.5. The Morgan fingerprint density at radius 1 is 1.14 bits per heavy atom. The van der Waals surface area contributed by atoms with Gasteiger partial charge in [0.15, 0.2) is 17.3 Å². The van der Waals surface area contributed by atoms with Gasteiger partial charge in [-0.05, 0) is 12.1 Å². The fraction of sp³-hybridized carbons (Fsp3) is 0.421. The number of hydrogen-bond acceptors (Lipinski definition) is 8. The second-order valence-electron chi connectivity index (χ2n) is 6.52. The molecule has 2 amide bonds. The molecule has 0 aliphatic carbocycles. The van der Waals surface area contributed by atoms with Crippen molar-refractivity contribution in [3.8, 4) is 11.5 Å². The first kappa shape index (κ1) is 20.5. The highest BCUT2D eigenvalue weighted by Gasteiger charge is 2.19. The lowest BCUT2D eigenvalue weighted by Crippen LogP contribution is -2.37. The number of urea groups is 1. The normalized spacial score (nSPS) is 13.6. The fourth-order valence-corrected chi connectivity index (χ4v) is 2.97. The zero-order chi connectivity index (χ0) is 20.8. The van der Waals surface area contributed by atoms with Crippen molar-refractivity contribution < 1.29 is 19.0 Å². The molecule has 0 radical (unpaired) electrons. The van der Waals surface area contributed by atoms with Crippen molar-refractivity contribution in [1.29, 1.82) is 0 Å². The number of morpholine rings is 1. The molecule has 2 N–H and O–H groups in total. The summed E-state index contributed by atoms with van der Waals surface area (Å²) in [6.07, 6.45) is 1.61. The van der Waals surface area contributed by atoms with E-state index in [4.69, 9.17) is 14.2 Å². The summed E-state index contributed by atoms with van der Waals surface area (Å²) in [6, 6.07) is 4.81. The fourth-order valence-electron chi connectivity index (χ4n) is 2.97. The van der Waals surface area contributed by atoms with Crippen molar-refractivity contribution in [3.05, 3.63) is 24.4 Å². The molecule has 29 heavy (non-hydrogen) atoms. The van der Waals surface area contributed by atoms with Crippen molar-refractivity contribution in [2.24, 2.45) is 0 Å². The first-order valence-corrected chi connectivity index (χ1v) is 9.19. The zero-order valence-corrected chi connectivity index (χ0v) is 17.1. The summed E-state index contributed by atoms with van der Waals surface area (Å²) in [5, 5.41) is 5.58. The Kier molecular flexibility index (Phi) is 6.55. The lowest BCUT2D eigenvalue weighted by Gasteiger charge is -2.28. The molecule has 1 saturated heterocycles. The Morgan fingerprint density at radius 3 is 2.52 bits per heavy atom. The van der Waals surface area contributed by atoms with Crippen molar-refractivity contribution >= 4 is 29.2 Å². The Hall–Kier alpha value is -3.27. The summed E-state index contributed by atoms with van der Waals surface area (Å²) in [7, 11) is 6.78. The van der Waals surface area contributed by atoms with Crippen LogP contribution < -0.4 is 29.9 Å². The van der Waals surface area contributed by atoms with Gasteiger partial charge in [-0.25, -0.2) is 9.78 Å². The highest BCUT2D eigenvalue weighted by Crippen LogP contribution is 2.35. The van der Waals surface area contributed by atoms with Crippen LogP contribution in [0.15, 0.2) is 24.4 Å². The van der Waals surface area contributed by atoms with Gasteiger partial charge in [-0.1, -0.05) is 6.07 Å². The Morgan fingerprint density at radius 2 is 1.86 bits per heavy atom. The number of nitrogens with one attached hydrogen (secondary N) is 2. The van der Waals surface area contributed by atoms with E-state index in [1.165, 1.54) is 7.11 Å². The number of para-hydroxylation sites is 1. The molecule has 0 unspecified atom stereocenters. The van der Waals surface area contributed by atoms with Crippen LogP contribution in [0.4, 0.5) is 27.9 Å². The quantitative estimate of drug-likeness (QED) is 0.757. The Balaban J connectivity index is 1.78. The summed E-state index contributed by atoms with van der Waals surface area (Å²) in [5.41, 5.74) is 0.980. The first-order chi connectivity index (χ1) is 14.0. The Labute approximate surface area is 169 Å².